The summed E-state index contributed by atoms with van der Waals surface area (Å²) < 4.78 is 24.3. The Kier molecular flexibility index (Phi) is 4.70. The molecule has 8 nitrogen and oxygen atoms in total. The highest BCUT2D eigenvalue weighted by Crippen LogP contribution is 2.38. The van der Waals surface area contributed by atoms with Gasteiger partial charge in [-0.05, 0) is 36.4 Å². The minimum absolute atomic E-state index is 0.0409. The fourth-order valence-corrected chi connectivity index (χ4v) is 2.98. The van der Waals surface area contributed by atoms with Crippen LogP contribution in [-0.2, 0) is 0 Å². The molecule has 31 heavy (non-hydrogen) atoms. The van der Waals surface area contributed by atoms with Gasteiger partial charge >= 0.3 is 5.97 Å². The van der Waals surface area contributed by atoms with Crippen LogP contribution in [0.4, 0.5) is 4.39 Å². The molecule has 0 aliphatic heterocycles. The number of rotatable bonds is 3. The molecule has 0 atom stereocenters. The van der Waals surface area contributed by atoms with E-state index >= 15 is 0 Å². The smallest absolute Gasteiger partial charge is 0.343 e. The standard InChI is InChI=1S/C22H13FO8/c23-12-3-1-2-11(6-12)22(29)31-21-19(28)18-16(27)8-13(24)9-17(18)30-20(21)10-4-5-14(25)15(26)7-10/h1-9,24-27H. The molecule has 0 radical (unpaired) electrons. The Balaban J connectivity index is 1.96. The third-order valence-electron chi connectivity index (χ3n) is 4.41. The van der Waals surface area contributed by atoms with Gasteiger partial charge in [0, 0.05) is 17.7 Å². The summed E-state index contributed by atoms with van der Waals surface area (Å²) in [7, 11) is 0. The first-order valence-corrected chi connectivity index (χ1v) is 8.77. The van der Waals surface area contributed by atoms with E-state index in [-0.39, 0.29) is 27.9 Å². The maximum Gasteiger partial charge on any atom is 0.343 e. The largest absolute Gasteiger partial charge is 0.508 e. The van der Waals surface area contributed by atoms with Gasteiger partial charge in [-0.1, -0.05) is 6.07 Å². The molecule has 0 aliphatic rings. The van der Waals surface area contributed by atoms with Crippen LogP contribution in [-0.4, -0.2) is 26.4 Å². The van der Waals surface area contributed by atoms with Gasteiger partial charge in [-0.25, -0.2) is 9.18 Å². The number of halogens is 1. The number of fused-ring (bicyclic) bond motifs is 1. The molecule has 0 saturated heterocycles. The molecule has 3 aromatic carbocycles. The molecule has 0 bridgehead atoms. The molecular weight excluding hydrogens is 411 g/mol. The summed E-state index contributed by atoms with van der Waals surface area (Å²) in [6.45, 7) is 0. The topological polar surface area (TPSA) is 137 Å². The van der Waals surface area contributed by atoms with Crippen molar-refractivity contribution in [1.82, 2.24) is 0 Å². The van der Waals surface area contributed by atoms with Crippen molar-refractivity contribution >= 4 is 16.9 Å². The molecule has 4 aromatic rings. The van der Waals surface area contributed by atoms with Crippen LogP contribution in [0, 0.1) is 5.82 Å². The quantitative estimate of drug-likeness (QED) is 0.289. The number of ether oxygens (including phenoxy) is 1. The van der Waals surface area contributed by atoms with Crippen molar-refractivity contribution in [2.24, 2.45) is 0 Å². The number of esters is 1. The van der Waals surface area contributed by atoms with Gasteiger partial charge in [-0.3, -0.25) is 4.79 Å². The van der Waals surface area contributed by atoms with E-state index in [1.165, 1.54) is 18.2 Å². The highest BCUT2D eigenvalue weighted by atomic mass is 19.1. The first-order chi connectivity index (χ1) is 14.7. The minimum atomic E-state index is -1.08. The van der Waals surface area contributed by atoms with Crippen LogP contribution in [0.25, 0.3) is 22.3 Å². The fourth-order valence-electron chi connectivity index (χ4n) is 2.98. The lowest BCUT2D eigenvalue weighted by Crippen LogP contribution is -2.16. The third kappa shape index (κ3) is 3.60. The lowest BCUT2D eigenvalue weighted by Gasteiger charge is -2.12. The van der Waals surface area contributed by atoms with E-state index in [1.54, 1.807) is 0 Å². The second-order valence-electron chi connectivity index (χ2n) is 6.53. The number of hydrogen-bond acceptors (Lipinski definition) is 8. The van der Waals surface area contributed by atoms with Crippen molar-refractivity contribution in [3.8, 4) is 40.1 Å². The van der Waals surface area contributed by atoms with Gasteiger partial charge in [-0.2, -0.15) is 0 Å². The van der Waals surface area contributed by atoms with E-state index in [4.69, 9.17) is 9.15 Å². The number of aromatic hydroxyl groups is 4. The number of phenolic OH excluding ortho intramolecular Hbond substituents is 4. The van der Waals surface area contributed by atoms with Gasteiger partial charge in [-0.15, -0.1) is 0 Å². The van der Waals surface area contributed by atoms with Crippen LogP contribution in [0.5, 0.6) is 28.7 Å². The molecule has 0 aliphatic carbocycles. The van der Waals surface area contributed by atoms with E-state index < -0.39 is 46.0 Å². The average molecular weight is 424 g/mol. The van der Waals surface area contributed by atoms with Crippen LogP contribution in [0.1, 0.15) is 10.4 Å². The maximum absolute atomic E-state index is 13.5. The van der Waals surface area contributed by atoms with Gasteiger partial charge in [0.1, 0.15) is 28.3 Å². The minimum Gasteiger partial charge on any atom is -0.508 e. The molecule has 0 spiro atoms. The van der Waals surface area contributed by atoms with E-state index in [1.807, 2.05) is 0 Å². The Morgan fingerprint density at radius 3 is 2.39 bits per heavy atom. The van der Waals surface area contributed by atoms with E-state index in [9.17, 15) is 34.4 Å². The van der Waals surface area contributed by atoms with E-state index in [0.29, 0.717) is 0 Å². The molecule has 9 heteroatoms. The fraction of sp³-hybridized carbons (Fsp3) is 0. The number of hydrogen-bond donors (Lipinski definition) is 4. The van der Waals surface area contributed by atoms with Crippen LogP contribution in [0.2, 0.25) is 0 Å². The van der Waals surface area contributed by atoms with Gasteiger partial charge < -0.3 is 29.6 Å². The zero-order chi connectivity index (χ0) is 22.3. The molecule has 0 amide bonds. The van der Waals surface area contributed by atoms with Crippen molar-refractivity contribution in [2.45, 2.75) is 0 Å². The van der Waals surface area contributed by atoms with Crippen molar-refractivity contribution in [3.05, 3.63) is 76.2 Å². The number of benzene rings is 3. The van der Waals surface area contributed by atoms with Crippen molar-refractivity contribution in [1.29, 1.82) is 0 Å². The Bertz CT molecular complexity index is 1410. The van der Waals surface area contributed by atoms with E-state index in [2.05, 4.69) is 0 Å². The van der Waals surface area contributed by atoms with Crippen LogP contribution in [0.3, 0.4) is 0 Å². The summed E-state index contributed by atoms with van der Waals surface area (Å²) in [5.74, 6) is -4.74. The number of phenols is 4. The summed E-state index contributed by atoms with van der Waals surface area (Å²) in [5.41, 5.74) is -1.32. The van der Waals surface area contributed by atoms with Crippen molar-refractivity contribution in [2.75, 3.05) is 0 Å². The predicted octanol–water partition coefficient (Wildman–Crippen LogP) is 3.64. The zero-order valence-corrected chi connectivity index (χ0v) is 15.5. The van der Waals surface area contributed by atoms with Gasteiger partial charge in [0.2, 0.25) is 11.2 Å². The molecule has 156 valence electrons. The van der Waals surface area contributed by atoms with Crippen LogP contribution >= 0.6 is 0 Å². The molecule has 4 rings (SSSR count). The van der Waals surface area contributed by atoms with Gasteiger partial charge in [0.25, 0.3) is 0 Å². The highest BCUT2D eigenvalue weighted by Gasteiger charge is 2.24. The molecule has 0 saturated carbocycles. The lowest BCUT2D eigenvalue weighted by atomic mass is 10.1. The second-order valence-corrected chi connectivity index (χ2v) is 6.53. The SMILES string of the molecule is O=C(Oc1c(-c2ccc(O)c(O)c2)oc2cc(O)cc(O)c2c1=O)c1cccc(F)c1. The van der Waals surface area contributed by atoms with Crippen LogP contribution < -0.4 is 10.2 Å². The lowest BCUT2D eigenvalue weighted by molar-refractivity contribution is 0.0730. The zero-order valence-electron chi connectivity index (χ0n) is 15.5. The molecular formula is C22H13FO8. The summed E-state index contributed by atoms with van der Waals surface area (Å²) in [4.78, 5) is 25.6. The van der Waals surface area contributed by atoms with Crippen LogP contribution in [0.15, 0.2) is 63.8 Å². The van der Waals surface area contributed by atoms with Gasteiger partial charge in [0.05, 0.1) is 5.56 Å². The summed E-state index contributed by atoms with van der Waals surface area (Å²) in [5, 5.41) is 38.8. The Hall–Kier alpha value is -4.53. The molecule has 0 fully saturated rings. The van der Waals surface area contributed by atoms with E-state index in [0.717, 1.165) is 36.4 Å². The molecule has 1 heterocycles. The Morgan fingerprint density at radius 2 is 1.68 bits per heavy atom. The average Bonchev–Trinajstić information content (AvgIpc) is 2.71. The molecule has 1 aromatic heterocycles. The molecule has 4 N–H and O–H groups in total. The number of carbonyl (C=O) groups is 1. The third-order valence-corrected chi connectivity index (χ3v) is 4.41. The highest BCUT2D eigenvalue weighted by molar-refractivity contribution is 5.94. The normalized spacial score (nSPS) is 10.9. The maximum atomic E-state index is 13.5. The summed E-state index contributed by atoms with van der Waals surface area (Å²) in [6.07, 6.45) is 0. The first-order valence-electron chi connectivity index (χ1n) is 8.77. The first kappa shape index (κ1) is 19.8. The Morgan fingerprint density at radius 1 is 0.903 bits per heavy atom. The molecule has 0 unspecified atom stereocenters. The number of carbonyl (C=O) groups excluding carboxylic acids is 1. The predicted molar refractivity (Wildman–Crippen MR) is 106 cm³/mol. The van der Waals surface area contributed by atoms with Crippen molar-refractivity contribution < 1.29 is 38.8 Å². The Labute approximate surface area is 172 Å². The van der Waals surface area contributed by atoms with Crippen molar-refractivity contribution in [3.63, 3.8) is 0 Å². The second kappa shape index (κ2) is 7.38. The monoisotopic (exact) mass is 424 g/mol. The summed E-state index contributed by atoms with van der Waals surface area (Å²) in [6, 6.07) is 10.0. The summed E-state index contributed by atoms with van der Waals surface area (Å²) >= 11 is 0. The van der Waals surface area contributed by atoms with Gasteiger partial charge in [0.15, 0.2) is 17.3 Å².